The van der Waals surface area contributed by atoms with Gasteiger partial charge in [0.05, 0.1) is 14.9 Å². The highest BCUT2D eigenvalue weighted by Crippen LogP contribution is 2.22. The highest BCUT2D eigenvalue weighted by atomic mass is 35.5. The summed E-state index contributed by atoms with van der Waals surface area (Å²) in [5.74, 6) is -0.597. The second-order valence-corrected chi connectivity index (χ2v) is 5.17. The van der Waals surface area contributed by atoms with Crippen LogP contribution in [-0.2, 0) is 6.42 Å². The monoisotopic (exact) mass is 269 g/mol. The molecule has 1 aromatic carbocycles. The number of hydrogen-bond acceptors (Lipinski definition) is 3. The highest BCUT2D eigenvalue weighted by molar-refractivity contribution is 7.13. The molecule has 0 atom stereocenters. The molecule has 2 aromatic rings. The van der Waals surface area contributed by atoms with Crippen molar-refractivity contribution in [3.8, 4) is 0 Å². The molecule has 17 heavy (non-hydrogen) atoms. The van der Waals surface area contributed by atoms with E-state index in [2.05, 4.69) is 4.98 Å². The SMILES string of the molecule is Cc1ncc(C(=O)Cc2cccc(F)c2Cl)s1. The number of ketones is 1. The first kappa shape index (κ1) is 12.2. The van der Waals surface area contributed by atoms with Gasteiger partial charge in [-0.2, -0.15) is 0 Å². The minimum atomic E-state index is -0.502. The van der Waals surface area contributed by atoms with Gasteiger partial charge in [0.1, 0.15) is 5.82 Å². The summed E-state index contributed by atoms with van der Waals surface area (Å²) in [7, 11) is 0. The van der Waals surface area contributed by atoms with Gasteiger partial charge in [0.25, 0.3) is 0 Å². The molecule has 1 aromatic heterocycles. The Hall–Kier alpha value is -1.26. The van der Waals surface area contributed by atoms with Crippen molar-refractivity contribution < 1.29 is 9.18 Å². The number of aryl methyl sites for hydroxylation is 1. The third-order valence-electron chi connectivity index (χ3n) is 2.28. The molecule has 2 rings (SSSR count). The van der Waals surface area contributed by atoms with Crippen LogP contribution in [0.15, 0.2) is 24.4 Å². The summed E-state index contributed by atoms with van der Waals surface area (Å²) in [6.07, 6.45) is 1.63. The molecule has 1 heterocycles. The van der Waals surface area contributed by atoms with Crippen molar-refractivity contribution in [3.63, 3.8) is 0 Å². The van der Waals surface area contributed by atoms with Gasteiger partial charge in [0.15, 0.2) is 5.78 Å². The van der Waals surface area contributed by atoms with Gasteiger partial charge < -0.3 is 0 Å². The zero-order valence-electron chi connectivity index (χ0n) is 9.04. The number of thiazole rings is 1. The number of nitrogens with zero attached hydrogens (tertiary/aromatic N) is 1. The van der Waals surface area contributed by atoms with E-state index >= 15 is 0 Å². The van der Waals surface area contributed by atoms with Crippen LogP contribution >= 0.6 is 22.9 Å². The van der Waals surface area contributed by atoms with Crippen molar-refractivity contribution in [2.45, 2.75) is 13.3 Å². The van der Waals surface area contributed by atoms with Crippen molar-refractivity contribution in [2.24, 2.45) is 0 Å². The number of hydrogen-bond donors (Lipinski definition) is 0. The van der Waals surface area contributed by atoms with Crippen molar-refractivity contribution in [1.82, 2.24) is 4.98 Å². The number of carbonyl (C=O) groups excluding carboxylic acids is 1. The Morgan fingerprint density at radius 3 is 2.94 bits per heavy atom. The standard InChI is InChI=1S/C12H9ClFNOS/c1-7-15-6-11(17-7)10(16)5-8-3-2-4-9(14)12(8)13/h2-4,6H,5H2,1H3. The van der Waals surface area contributed by atoms with E-state index in [1.165, 1.54) is 23.6 Å². The van der Waals surface area contributed by atoms with Crippen molar-refractivity contribution in [1.29, 1.82) is 0 Å². The van der Waals surface area contributed by atoms with E-state index in [0.29, 0.717) is 10.4 Å². The maximum atomic E-state index is 13.2. The molecule has 0 bridgehead atoms. The molecule has 0 aliphatic carbocycles. The molecule has 0 spiro atoms. The summed E-state index contributed by atoms with van der Waals surface area (Å²) in [6, 6.07) is 4.46. The summed E-state index contributed by atoms with van der Waals surface area (Å²) in [5, 5.41) is 0.848. The number of benzene rings is 1. The Kier molecular flexibility index (Phi) is 3.54. The third-order valence-corrected chi connectivity index (χ3v) is 3.66. The van der Waals surface area contributed by atoms with Crippen LogP contribution in [0.4, 0.5) is 4.39 Å². The predicted molar refractivity (Wildman–Crippen MR) is 66.3 cm³/mol. The molecule has 0 saturated carbocycles. The van der Waals surface area contributed by atoms with E-state index in [1.54, 1.807) is 12.1 Å². The van der Waals surface area contributed by atoms with Crippen LogP contribution < -0.4 is 0 Å². The van der Waals surface area contributed by atoms with Crippen LogP contribution in [0.1, 0.15) is 20.2 Å². The van der Waals surface area contributed by atoms with Gasteiger partial charge in [0.2, 0.25) is 0 Å². The highest BCUT2D eigenvalue weighted by Gasteiger charge is 2.13. The summed E-state index contributed by atoms with van der Waals surface area (Å²) in [4.78, 5) is 16.5. The Bertz CT molecular complexity index is 567. The van der Waals surface area contributed by atoms with Crippen LogP contribution in [0.5, 0.6) is 0 Å². The van der Waals surface area contributed by atoms with Crippen LogP contribution in [0.3, 0.4) is 0 Å². The first-order chi connectivity index (χ1) is 8.08. The molecule has 0 unspecified atom stereocenters. The molecule has 0 N–H and O–H groups in total. The minimum absolute atomic E-state index is 0.0158. The van der Waals surface area contributed by atoms with Gasteiger partial charge >= 0.3 is 0 Å². The number of Topliss-reactive ketones (excluding diaryl/α,β-unsaturated/α-hetero) is 1. The Balaban J connectivity index is 2.21. The van der Waals surface area contributed by atoms with E-state index in [9.17, 15) is 9.18 Å². The molecule has 0 radical (unpaired) electrons. The smallest absolute Gasteiger partial charge is 0.178 e. The normalized spacial score (nSPS) is 10.5. The lowest BCUT2D eigenvalue weighted by molar-refractivity contribution is 0.0996. The van der Waals surface area contributed by atoms with E-state index in [0.717, 1.165) is 5.01 Å². The molecule has 88 valence electrons. The summed E-state index contributed by atoms with van der Waals surface area (Å²) < 4.78 is 13.2. The topological polar surface area (TPSA) is 30.0 Å². The summed E-state index contributed by atoms with van der Waals surface area (Å²) in [6.45, 7) is 1.83. The van der Waals surface area contributed by atoms with Gasteiger partial charge in [-0.15, -0.1) is 11.3 Å². The van der Waals surface area contributed by atoms with Gasteiger partial charge in [-0.3, -0.25) is 4.79 Å². The van der Waals surface area contributed by atoms with E-state index in [1.807, 2.05) is 6.92 Å². The van der Waals surface area contributed by atoms with E-state index in [4.69, 9.17) is 11.6 Å². The summed E-state index contributed by atoms with van der Waals surface area (Å²) >= 11 is 7.12. The zero-order chi connectivity index (χ0) is 12.4. The molecule has 2 nitrogen and oxygen atoms in total. The molecule has 0 aliphatic heterocycles. The van der Waals surface area contributed by atoms with Gasteiger partial charge in [-0.05, 0) is 18.6 Å². The maximum Gasteiger partial charge on any atom is 0.178 e. The number of aromatic nitrogens is 1. The van der Waals surface area contributed by atoms with Gasteiger partial charge in [-0.1, -0.05) is 23.7 Å². The molecular formula is C12H9ClFNOS. The van der Waals surface area contributed by atoms with Crippen molar-refractivity contribution >= 4 is 28.7 Å². The number of halogens is 2. The van der Waals surface area contributed by atoms with E-state index < -0.39 is 5.82 Å². The third kappa shape index (κ3) is 2.70. The fraction of sp³-hybridized carbons (Fsp3) is 0.167. The van der Waals surface area contributed by atoms with E-state index in [-0.39, 0.29) is 17.2 Å². The molecular weight excluding hydrogens is 261 g/mol. The lowest BCUT2D eigenvalue weighted by atomic mass is 10.1. The largest absolute Gasteiger partial charge is 0.293 e. The predicted octanol–water partition coefficient (Wildman–Crippen LogP) is 3.67. The average molecular weight is 270 g/mol. The second kappa shape index (κ2) is 4.94. The Morgan fingerprint density at radius 1 is 1.53 bits per heavy atom. The Morgan fingerprint density at radius 2 is 2.29 bits per heavy atom. The number of carbonyl (C=O) groups is 1. The first-order valence-electron chi connectivity index (χ1n) is 4.96. The first-order valence-corrected chi connectivity index (χ1v) is 6.16. The lowest BCUT2D eigenvalue weighted by Gasteiger charge is -2.02. The Labute approximate surface area is 107 Å². The quantitative estimate of drug-likeness (QED) is 0.796. The number of rotatable bonds is 3. The molecule has 5 heteroatoms. The molecule has 0 fully saturated rings. The molecule has 0 amide bonds. The van der Waals surface area contributed by atoms with Crippen LogP contribution in [0.2, 0.25) is 5.02 Å². The second-order valence-electron chi connectivity index (χ2n) is 3.56. The van der Waals surface area contributed by atoms with Crippen molar-refractivity contribution in [3.05, 3.63) is 50.7 Å². The molecule has 0 saturated heterocycles. The van der Waals surface area contributed by atoms with Crippen LogP contribution in [0, 0.1) is 12.7 Å². The van der Waals surface area contributed by atoms with Crippen LogP contribution in [0.25, 0.3) is 0 Å². The van der Waals surface area contributed by atoms with Gasteiger partial charge in [0, 0.05) is 12.6 Å². The zero-order valence-corrected chi connectivity index (χ0v) is 10.6. The van der Waals surface area contributed by atoms with Crippen molar-refractivity contribution in [2.75, 3.05) is 0 Å². The van der Waals surface area contributed by atoms with Gasteiger partial charge in [-0.25, -0.2) is 9.37 Å². The fourth-order valence-corrected chi connectivity index (χ4v) is 2.34. The molecule has 0 aliphatic rings. The van der Waals surface area contributed by atoms with Crippen LogP contribution in [-0.4, -0.2) is 10.8 Å². The minimum Gasteiger partial charge on any atom is -0.293 e. The lowest BCUT2D eigenvalue weighted by Crippen LogP contribution is -2.02. The average Bonchev–Trinajstić information content (AvgIpc) is 2.72. The fourth-order valence-electron chi connectivity index (χ4n) is 1.44. The maximum absolute atomic E-state index is 13.2. The summed E-state index contributed by atoms with van der Waals surface area (Å²) in [5.41, 5.74) is 0.503.